The second-order valence-corrected chi connectivity index (χ2v) is 2.63. The van der Waals surface area contributed by atoms with Crippen molar-refractivity contribution in [2.24, 2.45) is 0 Å². The summed E-state index contributed by atoms with van der Waals surface area (Å²) in [6, 6.07) is 0. The summed E-state index contributed by atoms with van der Waals surface area (Å²) in [6.45, 7) is 1.82. The summed E-state index contributed by atoms with van der Waals surface area (Å²) in [5, 5.41) is 2.77. The molecule has 12 heavy (non-hydrogen) atoms. The molecule has 1 amide bonds. The largest absolute Gasteiger partial charge is 0.323 e. The zero-order valence-corrected chi connectivity index (χ0v) is 7.21. The van der Waals surface area contributed by atoms with Crippen LogP contribution in [0.5, 0.6) is 0 Å². The molecule has 1 rings (SSSR count). The fourth-order valence-corrected chi connectivity index (χ4v) is 1.04. The maximum absolute atomic E-state index is 11.0. The number of rotatable bonds is 2. The van der Waals surface area contributed by atoms with Crippen molar-refractivity contribution in [3.05, 3.63) is 36.1 Å². The van der Waals surface area contributed by atoms with Crippen molar-refractivity contribution < 1.29 is 4.79 Å². The molecule has 0 aromatic carbocycles. The minimum Gasteiger partial charge on any atom is -0.323 e. The Bertz CT molecular complexity index is 249. The van der Waals surface area contributed by atoms with Crippen molar-refractivity contribution in [3.63, 3.8) is 0 Å². The molecule has 0 bridgehead atoms. The third kappa shape index (κ3) is 2.74. The zero-order chi connectivity index (χ0) is 8.81. The Balaban J connectivity index is 2.45. The van der Waals surface area contributed by atoms with Gasteiger partial charge in [-0.15, -0.1) is 0 Å². The van der Waals surface area contributed by atoms with Gasteiger partial charge in [0, 0.05) is 5.70 Å². The van der Waals surface area contributed by atoms with Crippen molar-refractivity contribution in [1.29, 1.82) is 0 Å². The van der Waals surface area contributed by atoms with Crippen LogP contribution in [0.2, 0.25) is 0 Å². The predicted molar refractivity (Wildman–Crippen MR) is 49.4 cm³/mol. The van der Waals surface area contributed by atoms with Crippen LogP contribution in [0.3, 0.4) is 0 Å². The van der Waals surface area contributed by atoms with Gasteiger partial charge in [0.15, 0.2) is 0 Å². The number of carbonyl (C=O) groups is 1. The Kier molecular flexibility index (Phi) is 3.33. The van der Waals surface area contributed by atoms with E-state index in [0.717, 1.165) is 18.5 Å². The third-order valence-electron chi connectivity index (χ3n) is 1.58. The molecule has 1 aliphatic rings. The predicted octanol–water partition coefficient (Wildman–Crippen LogP) is 1.91. The molecular weight excluding hydrogens is 150 g/mol. The molecule has 2 nitrogen and oxygen atoms in total. The van der Waals surface area contributed by atoms with Crippen LogP contribution >= 0.6 is 0 Å². The van der Waals surface area contributed by atoms with Gasteiger partial charge in [0.1, 0.15) is 0 Å². The molecule has 1 aliphatic carbocycles. The summed E-state index contributed by atoms with van der Waals surface area (Å²) in [6.07, 6.45) is 11.4. The summed E-state index contributed by atoms with van der Waals surface area (Å²) in [4.78, 5) is 11.0. The monoisotopic (exact) mass is 163 g/mol. The van der Waals surface area contributed by atoms with Gasteiger partial charge in [-0.05, 0) is 31.9 Å². The first kappa shape index (κ1) is 8.78. The minimum atomic E-state index is -0.0599. The summed E-state index contributed by atoms with van der Waals surface area (Å²) in [5.74, 6) is -0.0599. The van der Waals surface area contributed by atoms with E-state index in [0.29, 0.717) is 0 Å². The molecule has 0 aromatic heterocycles. The highest BCUT2D eigenvalue weighted by atomic mass is 16.1. The number of allylic oxidation sites excluding steroid dienone is 4. The summed E-state index contributed by atoms with van der Waals surface area (Å²) in [7, 11) is 0. The molecule has 0 atom stereocenters. The van der Waals surface area contributed by atoms with Gasteiger partial charge in [-0.1, -0.05) is 18.2 Å². The van der Waals surface area contributed by atoms with Crippen LogP contribution in [0.4, 0.5) is 0 Å². The Hall–Kier alpha value is -1.31. The summed E-state index contributed by atoms with van der Waals surface area (Å²) < 4.78 is 0. The van der Waals surface area contributed by atoms with Crippen LogP contribution in [-0.4, -0.2) is 5.91 Å². The third-order valence-corrected chi connectivity index (χ3v) is 1.58. The highest BCUT2D eigenvalue weighted by molar-refractivity contribution is 5.89. The van der Waals surface area contributed by atoms with E-state index in [1.54, 1.807) is 6.08 Å². The first-order valence-corrected chi connectivity index (χ1v) is 4.13. The molecule has 0 saturated carbocycles. The molecule has 0 heterocycles. The molecule has 64 valence electrons. The van der Waals surface area contributed by atoms with Gasteiger partial charge in [-0.2, -0.15) is 0 Å². The van der Waals surface area contributed by atoms with Crippen LogP contribution in [0.25, 0.3) is 0 Å². The summed E-state index contributed by atoms with van der Waals surface area (Å²) >= 11 is 0. The maximum atomic E-state index is 11.0. The van der Waals surface area contributed by atoms with Crippen LogP contribution in [0.1, 0.15) is 19.8 Å². The quantitative estimate of drug-likeness (QED) is 0.619. The molecular formula is C10H13NO. The van der Waals surface area contributed by atoms with Crippen LogP contribution < -0.4 is 5.32 Å². The van der Waals surface area contributed by atoms with Crippen molar-refractivity contribution >= 4 is 5.91 Å². The van der Waals surface area contributed by atoms with Gasteiger partial charge in [-0.3, -0.25) is 4.79 Å². The van der Waals surface area contributed by atoms with Crippen molar-refractivity contribution in [2.75, 3.05) is 0 Å². The lowest BCUT2D eigenvalue weighted by Gasteiger charge is -2.06. The van der Waals surface area contributed by atoms with Gasteiger partial charge < -0.3 is 5.32 Å². The molecule has 0 aromatic rings. The number of carbonyl (C=O) groups excluding carboxylic acids is 1. The zero-order valence-electron chi connectivity index (χ0n) is 7.21. The van der Waals surface area contributed by atoms with E-state index >= 15 is 0 Å². The molecule has 0 unspecified atom stereocenters. The Labute approximate surface area is 72.7 Å². The molecule has 0 aliphatic heterocycles. The smallest absolute Gasteiger partial charge is 0.248 e. The van der Waals surface area contributed by atoms with Gasteiger partial charge >= 0.3 is 0 Å². The standard InChI is InChI=1S/C10H13NO/c1-2-6-10(12)11-9-7-4-3-5-8-9/h2,4,6-8H,3,5H2,1H3,(H,11,12)/b6-2-. The van der Waals surface area contributed by atoms with E-state index in [2.05, 4.69) is 11.4 Å². The lowest BCUT2D eigenvalue weighted by atomic mass is 10.1. The maximum Gasteiger partial charge on any atom is 0.248 e. The number of amides is 1. The number of hydrogen-bond donors (Lipinski definition) is 1. The van der Waals surface area contributed by atoms with E-state index in [1.165, 1.54) is 6.08 Å². The van der Waals surface area contributed by atoms with E-state index in [1.807, 2.05) is 19.1 Å². The second-order valence-electron chi connectivity index (χ2n) is 2.63. The Morgan fingerprint density at radius 3 is 3.00 bits per heavy atom. The van der Waals surface area contributed by atoms with E-state index < -0.39 is 0 Å². The SMILES string of the molecule is C/C=C\C(=O)NC1=CCCC=C1. The van der Waals surface area contributed by atoms with Crippen molar-refractivity contribution in [2.45, 2.75) is 19.8 Å². The van der Waals surface area contributed by atoms with Crippen molar-refractivity contribution in [3.8, 4) is 0 Å². The summed E-state index contributed by atoms with van der Waals surface area (Å²) in [5.41, 5.74) is 0.907. The van der Waals surface area contributed by atoms with Crippen LogP contribution in [0.15, 0.2) is 36.1 Å². The number of hydrogen-bond acceptors (Lipinski definition) is 1. The normalized spacial score (nSPS) is 16.2. The van der Waals surface area contributed by atoms with E-state index in [-0.39, 0.29) is 5.91 Å². The van der Waals surface area contributed by atoms with Gasteiger partial charge in [0.2, 0.25) is 5.91 Å². The minimum absolute atomic E-state index is 0.0599. The molecule has 1 N–H and O–H groups in total. The van der Waals surface area contributed by atoms with Crippen LogP contribution in [-0.2, 0) is 4.79 Å². The first-order chi connectivity index (χ1) is 5.83. The van der Waals surface area contributed by atoms with Gasteiger partial charge in [0.25, 0.3) is 0 Å². The lowest BCUT2D eigenvalue weighted by Crippen LogP contribution is -2.19. The highest BCUT2D eigenvalue weighted by Crippen LogP contribution is 2.06. The molecule has 2 heteroatoms. The Morgan fingerprint density at radius 1 is 1.58 bits per heavy atom. The molecule has 0 radical (unpaired) electrons. The van der Waals surface area contributed by atoms with Gasteiger partial charge in [-0.25, -0.2) is 0 Å². The average molecular weight is 163 g/mol. The molecule has 0 fully saturated rings. The van der Waals surface area contributed by atoms with Crippen LogP contribution in [0, 0.1) is 0 Å². The molecule has 0 spiro atoms. The van der Waals surface area contributed by atoms with E-state index in [4.69, 9.17) is 0 Å². The Morgan fingerprint density at radius 2 is 2.42 bits per heavy atom. The topological polar surface area (TPSA) is 29.1 Å². The lowest BCUT2D eigenvalue weighted by molar-refractivity contribution is -0.115. The van der Waals surface area contributed by atoms with Gasteiger partial charge in [0.05, 0.1) is 0 Å². The molecule has 0 saturated heterocycles. The van der Waals surface area contributed by atoms with Crippen molar-refractivity contribution in [1.82, 2.24) is 5.32 Å². The number of nitrogens with one attached hydrogen (secondary N) is 1. The second kappa shape index (κ2) is 4.54. The fourth-order valence-electron chi connectivity index (χ4n) is 1.04. The first-order valence-electron chi connectivity index (χ1n) is 4.13. The van der Waals surface area contributed by atoms with E-state index in [9.17, 15) is 4.79 Å². The highest BCUT2D eigenvalue weighted by Gasteiger charge is 1.99. The fraction of sp³-hybridized carbons (Fsp3) is 0.300. The average Bonchev–Trinajstić information content (AvgIpc) is 2.06.